The first kappa shape index (κ1) is 13.7. The molecule has 1 rings (SSSR count). The molecule has 88 valence electrons. The predicted octanol–water partition coefficient (Wildman–Crippen LogP) is 2.37. The predicted molar refractivity (Wildman–Crippen MR) is 74.8 cm³/mol. The summed E-state index contributed by atoms with van der Waals surface area (Å²) in [6, 6.07) is 5.32. The fraction of sp³-hybridized carbons (Fsp3) is 0.364. The lowest BCUT2D eigenvalue weighted by molar-refractivity contribution is 0.0793. The van der Waals surface area contributed by atoms with Gasteiger partial charge in [-0.3, -0.25) is 4.79 Å². The minimum atomic E-state index is -0.0136. The van der Waals surface area contributed by atoms with Crippen molar-refractivity contribution in [1.29, 1.82) is 0 Å². The lowest BCUT2D eigenvalue weighted by Crippen LogP contribution is -2.29. The van der Waals surface area contributed by atoms with Crippen LogP contribution in [0, 0.1) is 3.57 Å². The molecule has 2 N–H and O–H groups in total. The summed E-state index contributed by atoms with van der Waals surface area (Å²) in [5.74, 6) is -0.0136. The SMILES string of the molecule is CN(CCCN)C(=O)c1cc(Cl)ccc1I. The molecule has 1 aromatic carbocycles. The number of rotatable bonds is 4. The molecule has 1 amide bonds. The fourth-order valence-corrected chi connectivity index (χ4v) is 2.04. The minimum absolute atomic E-state index is 0.0136. The van der Waals surface area contributed by atoms with E-state index in [2.05, 4.69) is 22.6 Å². The van der Waals surface area contributed by atoms with E-state index in [9.17, 15) is 4.79 Å². The average Bonchev–Trinajstić information content (AvgIpc) is 2.28. The summed E-state index contributed by atoms with van der Waals surface area (Å²) in [6.07, 6.45) is 0.805. The highest BCUT2D eigenvalue weighted by molar-refractivity contribution is 14.1. The Labute approximate surface area is 114 Å². The first-order valence-corrected chi connectivity index (χ1v) is 6.42. The van der Waals surface area contributed by atoms with Gasteiger partial charge < -0.3 is 10.6 Å². The van der Waals surface area contributed by atoms with Crippen molar-refractivity contribution in [3.05, 3.63) is 32.4 Å². The number of nitrogens with two attached hydrogens (primary N) is 1. The van der Waals surface area contributed by atoms with Gasteiger partial charge in [0, 0.05) is 22.2 Å². The summed E-state index contributed by atoms with van der Waals surface area (Å²) < 4.78 is 0.909. The first-order valence-electron chi connectivity index (χ1n) is 4.97. The molecule has 0 unspecified atom stereocenters. The van der Waals surface area contributed by atoms with E-state index in [4.69, 9.17) is 17.3 Å². The molecule has 0 spiro atoms. The topological polar surface area (TPSA) is 46.3 Å². The van der Waals surface area contributed by atoms with E-state index >= 15 is 0 Å². The van der Waals surface area contributed by atoms with E-state index in [1.807, 2.05) is 6.07 Å². The molecule has 0 bridgehead atoms. The van der Waals surface area contributed by atoms with Crippen molar-refractivity contribution in [2.75, 3.05) is 20.1 Å². The monoisotopic (exact) mass is 352 g/mol. The number of hydrogen-bond donors (Lipinski definition) is 1. The van der Waals surface area contributed by atoms with E-state index in [0.717, 1.165) is 9.99 Å². The second-order valence-electron chi connectivity index (χ2n) is 3.49. The Morgan fingerprint density at radius 1 is 1.56 bits per heavy atom. The normalized spacial score (nSPS) is 10.2. The number of carbonyl (C=O) groups is 1. The van der Waals surface area contributed by atoms with Gasteiger partial charge in [0.2, 0.25) is 0 Å². The Bertz CT molecular complexity index is 384. The second kappa shape index (κ2) is 6.42. The van der Waals surface area contributed by atoms with Gasteiger partial charge in [0.15, 0.2) is 0 Å². The van der Waals surface area contributed by atoms with Crippen molar-refractivity contribution in [2.45, 2.75) is 6.42 Å². The van der Waals surface area contributed by atoms with E-state index < -0.39 is 0 Å². The lowest BCUT2D eigenvalue weighted by Gasteiger charge is -2.17. The van der Waals surface area contributed by atoms with Crippen molar-refractivity contribution >= 4 is 40.1 Å². The zero-order chi connectivity index (χ0) is 12.1. The smallest absolute Gasteiger partial charge is 0.254 e. The molecule has 0 aromatic heterocycles. The molecule has 0 aliphatic heterocycles. The molecule has 0 saturated carbocycles. The van der Waals surface area contributed by atoms with Crippen molar-refractivity contribution in [3.63, 3.8) is 0 Å². The molecular weight excluding hydrogens is 338 g/mol. The Morgan fingerprint density at radius 2 is 2.25 bits per heavy atom. The Morgan fingerprint density at radius 3 is 2.88 bits per heavy atom. The molecule has 3 nitrogen and oxygen atoms in total. The number of benzene rings is 1. The Hall–Kier alpha value is -0.330. The quantitative estimate of drug-likeness (QED) is 0.846. The Kier molecular flexibility index (Phi) is 5.51. The van der Waals surface area contributed by atoms with Crippen molar-refractivity contribution in [1.82, 2.24) is 4.90 Å². The summed E-state index contributed by atoms with van der Waals surface area (Å²) in [5, 5.41) is 0.580. The number of hydrogen-bond acceptors (Lipinski definition) is 2. The molecule has 16 heavy (non-hydrogen) atoms. The number of carbonyl (C=O) groups excluding carboxylic acids is 1. The molecule has 5 heteroatoms. The van der Waals surface area contributed by atoms with Crippen molar-refractivity contribution in [3.8, 4) is 0 Å². The van der Waals surface area contributed by atoms with E-state index in [-0.39, 0.29) is 5.91 Å². The standard InChI is InChI=1S/C11H14ClIN2O/c1-15(6-2-5-14)11(16)9-7-8(12)3-4-10(9)13/h3-4,7H,2,5-6,14H2,1H3. The highest BCUT2D eigenvalue weighted by Gasteiger charge is 2.14. The molecule has 0 atom stereocenters. The van der Waals surface area contributed by atoms with Crippen LogP contribution in [0.5, 0.6) is 0 Å². The van der Waals surface area contributed by atoms with Gasteiger partial charge in [-0.15, -0.1) is 0 Å². The maximum Gasteiger partial charge on any atom is 0.254 e. The van der Waals surface area contributed by atoms with E-state index in [1.165, 1.54) is 0 Å². The van der Waals surface area contributed by atoms with Gasteiger partial charge in [0.1, 0.15) is 0 Å². The highest BCUT2D eigenvalue weighted by atomic mass is 127. The summed E-state index contributed by atoms with van der Waals surface area (Å²) in [7, 11) is 1.77. The van der Waals surface area contributed by atoms with Crippen LogP contribution in [-0.2, 0) is 0 Å². The van der Waals surface area contributed by atoms with Crippen LogP contribution >= 0.6 is 34.2 Å². The molecule has 0 saturated heterocycles. The summed E-state index contributed by atoms with van der Waals surface area (Å²) in [5.41, 5.74) is 6.06. The third kappa shape index (κ3) is 3.61. The van der Waals surface area contributed by atoms with Gasteiger partial charge in [-0.05, 0) is 53.8 Å². The van der Waals surface area contributed by atoms with Gasteiger partial charge >= 0.3 is 0 Å². The minimum Gasteiger partial charge on any atom is -0.342 e. The van der Waals surface area contributed by atoms with Crippen LogP contribution in [0.1, 0.15) is 16.8 Å². The van der Waals surface area contributed by atoms with Crippen LogP contribution in [0.25, 0.3) is 0 Å². The van der Waals surface area contributed by atoms with Gasteiger partial charge in [-0.1, -0.05) is 11.6 Å². The number of halogens is 2. The molecule has 0 radical (unpaired) electrons. The largest absolute Gasteiger partial charge is 0.342 e. The van der Waals surface area contributed by atoms with Crippen LogP contribution in [-0.4, -0.2) is 30.9 Å². The maximum atomic E-state index is 12.0. The van der Waals surface area contributed by atoms with Gasteiger partial charge in [0.25, 0.3) is 5.91 Å². The third-order valence-electron chi connectivity index (χ3n) is 2.20. The second-order valence-corrected chi connectivity index (χ2v) is 5.09. The highest BCUT2D eigenvalue weighted by Crippen LogP contribution is 2.19. The number of amides is 1. The summed E-state index contributed by atoms with van der Waals surface area (Å²) in [6.45, 7) is 1.25. The van der Waals surface area contributed by atoms with Gasteiger partial charge in [-0.2, -0.15) is 0 Å². The molecule has 0 aliphatic rings. The fourth-order valence-electron chi connectivity index (χ4n) is 1.30. The molecular formula is C11H14ClIN2O. The molecule has 1 aromatic rings. The summed E-state index contributed by atoms with van der Waals surface area (Å²) in [4.78, 5) is 13.7. The van der Waals surface area contributed by atoms with Crippen LogP contribution in [0.15, 0.2) is 18.2 Å². The first-order chi connectivity index (χ1) is 7.56. The Balaban J connectivity index is 2.83. The molecule has 0 heterocycles. The van der Waals surface area contributed by atoms with Crippen LogP contribution in [0.2, 0.25) is 5.02 Å². The van der Waals surface area contributed by atoms with Crippen LogP contribution < -0.4 is 5.73 Å². The maximum absolute atomic E-state index is 12.0. The van der Waals surface area contributed by atoms with Gasteiger partial charge in [-0.25, -0.2) is 0 Å². The van der Waals surface area contributed by atoms with Crippen LogP contribution in [0.4, 0.5) is 0 Å². The van der Waals surface area contributed by atoms with Crippen LogP contribution in [0.3, 0.4) is 0 Å². The van der Waals surface area contributed by atoms with E-state index in [1.54, 1.807) is 24.1 Å². The number of nitrogens with zero attached hydrogens (tertiary/aromatic N) is 1. The van der Waals surface area contributed by atoms with E-state index in [0.29, 0.717) is 23.7 Å². The summed E-state index contributed by atoms with van der Waals surface area (Å²) >= 11 is 8.01. The van der Waals surface area contributed by atoms with Crippen molar-refractivity contribution < 1.29 is 4.79 Å². The lowest BCUT2D eigenvalue weighted by atomic mass is 10.2. The molecule has 0 aliphatic carbocycles. The van der Waals surface area contributed by atoms with Crippen molar-refractivity contribution in [2.24, 2.45) is 5.73 Å². The third-order valence-corrected chi connectivity index (χ3v) is 3.38. The van der Waals surface area contributed by atoms with Gasteiger partial charge in [0.05, 0.1) is 5.56 Å². The molecule has 0 fully saturated rings. The zero-order valence-electron chi connectivity index (χ0n) is 9.04. The average molecular weight is 353 g/mol. The zero-order valence-corrected chi connectivity index (χ0v) is 12.0.